The van der Waals surface area contributed by atoms with Crippen LogP contribution in [0.3, 0.4) is 0 Å². The van der Waals surface area contributed by atoms with Crippen LogP contribution < -0.4 is 10.9 Å². The molecule has 1 N–H and O–H groups in total. The summed E-state index contributed by atoms with van der Waals surface area (Å²) in [5.74, 6) is -0.612. The molecule has 0 aliphatic heterocycles. The van der Waals surface area contributed by atoms with Crippen molar-refractivity contribution in [1.82, 2.24) is 14.9 Å². The highest BCUT2D eigenvalue weighted by atomic mass is 32.1. The lowest BCUT2D eigenvalue weighted by Gasteiger charge is -2.08. The van der Waals surface area contributed by atoms with Gasteiger partial charge in [-0.25, -0.2) is 9.37 Å². The quantitative estimate of drug-likeness (QED) is 0.505. The Hall–Kier alpha value is -3.32. The van der Waals surface area contributed by atoms with Crippen molar-refractivity contribution in [3.63, 3.8) is 0 Å². The van der Waals surface area contributed by atoms with Crippen molar-refractivity contribution in [1.29, 1.82) is 0 Å². The number of aromatic nitrogens is 2. The van der Waals surface area contributed by atoms with Crippen molar-refractivity contribution in [2.75, 3.05) is 0 Å². The summed E-state index contributed by atoms with van der Waals surface area (Å²) in [6.07, 6.45) is 1.58. The summed E-state index contributed by atoms with van der Waals surface area (Å²) in [5.41, 5.74) is 3.22. The number of aryl methyl sites for hydroxylation is 2. The fourth-order valence-electron chi connectivity index (χ4n) is 3.22. The Morgan fingerprint density at radius 1 is 1.17 bits per heavy atom. The molecule has 1 amide bonds. The lowest BCUT2D eigenvalue weighted by Crippen LogP contribution is -2.27. The largest absolute Gasteiger partial charge is 0.352 e. The van der Waals surface area contributed by atoms with E-state index in [2.05, 4.69) is 10.3 Å². The first-order valence-electron chi connectivity index (χ1n) is 9.56. The topological polar surface area (TPSA) is 64.0 Å². The van der Waals surface area contributed by atoms with Gasteiger partial charge in [-0.1, -0.05) is 48.0 Å². The monoisotopic (exact) mass is 421 g/mol. The minimum Gasteiger partial charge on any atom is -0.352 e. The zero-order valence-corrected chi connectivity index (χ0v) is 17.2. The van der Waals surface area contributed by atoms with Gasteiger partial charge in [-0.3, -0.25) is 14.2 Å². The molecule has 0 aliphatic rings. The maximum atomic E-state index is 13.7. The highest BCUT2D eigenvalue weighted by Crippen LogP contribution is 2.30. The molecular weight excluding hydrogens is 401 g/mol. The Labute approximate surface area is 176 Å². The van der Waals surface area contributed by atoms with Crippen LogP contribution in [0.2, 0.25) is 0 Å². The fourth-order valence-corrected chi connectivity index (χ4v) is 4.12. The van der Waals surface area contributed by atoms with Crippen molar-refractivity contribution < 1.29 is 9.18 Å². The molecule has 152 valence electrons. The van der Waals surface area contributed by atoms with Crippen molar-refractivity contribution in [3.05, 3.63) is 87.5 Å². The molecule has 30 heavy (non-hydrogen) atoms. The highest BCUT2D eigenvalue weighted by molar-refractivity contribution is 7.17. The molecule has 0 saturated heterocycles. The third-order valence-electron chi connectivity index (χ3n) is 4.94. The molecule has 0 atom stereocenters. The molecule has 0 fully saturated rings. The third kappa shape index (κ3) is 4.16. The van der Waals surface area contributed by atoms with Gasteiger partial charge in [0.25, 0.3) is 5.56 Å². The number of hydrogen-bond acceptors (Lipinski definition) is 4. The van der Waals surface area contributed by atoms with Crippen LogP contribution in [0.25, 0.3) is 21.3 Å². The smallest absolute Gasteiger partial charge is 0.262 e. The van der Waals surface area contributed by atoms with Crippen LogP contribution in [0.1, 0.15) is 17.5 Å². The second-order valence-corrected chi connectivity index (χ2v) is 7.91. The minimum atomic E-state index is -0.357. The van der Waals surface area contributed by atoms with Crippen LogP contribution in [-0.2, 0) is 17.9 Å². The van der Waals surface area contributed by atoms with Crippen molar-refractivity contribution in [3.8, 4) is 11.1 Å². The third-order valence-corrected chi connectivity index (χ3v) is 5.82. The van der Waals surface area contributed by atoms with Crippen LogP contribution in [-0.4, -0.2) is 15.5 Å². The maximum Gasteiger partial charge on any atom is 0.262 e. The molecule has 0 saturated carbocycles. The van der Waals surface area contributed by atoms with E-state index in [4.69, 9.17) is 0 Å². The number of carbonyl (C=O) groups excluding carboxylic acids is 1. The van der Waals surface area contributed by atoms with Crippen molar-refractivity contribution in [2.45, 2.75) is 26.4 Å². The van der Waals surface area contributed by atoms with Gasteiger partial charge in [-0.05, 0) is 18.6 Å². The predicted octanol–water partition coefficient (Wildman–Crippen LogP) is 4.28. The lowest BCUT2D eigenvalue weighted by atomic mass is 10.1. The summed E-state index contributed by atoms with van der Waals surface area (Å²) in [4.78, 5) is 30.3. The van der Waals surface area contributed by atoms with E-state index in [-0.39, 0.29) is 36.8 Å². The highest BCUT2D eigenvalue weighted by Gasteiger charge is 2.14. The molecule has 2 aromatic heterocycles. The van der Waals surface area contributed by atoms with E-state index < -0.39 is 0 Å². The van der Waals surface area contributed by atoms with E-state index in [1.807, 2.05) is 36.6 Å². The Morgan fingerprint density at radius 3 is 2.70 bits per heavy atom. The molecule has 0 unspecified atom stereocenters. The number of amides is 1. The average molecular weight is 421 g/mol. The SMILES string of the molecule is Cc1ccc(-c2csc3ncn(CCC(=O)NCc4ccccc4F)c(=O)c23)cc1. The van der Waals surface area contributed by atoms with Gasteiger partial charge in [0, 0.05) is 36.0 Å². The standard InChI is InChI=1S/C23H20FN3O2S/c1-15-6-8-16(9-7-15)18-13-30-22-21(18)23(29)27(14-26-22)11-10-20(28)25-12-17-4-2-3-5-19(17)24/h2-9,13-14H,10-12H2,1H3,(H,25,28). The summed E-state index contributed by atoms with van der Waals surface area (Å²) < 4.78 is 15.1. The Balaban J connectivity index is 1.49. The van der Waals surface area contributed by atoms with Crippen LogP contribution in [0.4, 0.5) is 4.39 Å². The molecule has 2 heterocycles. The second-order valence-electron chi connectivity index (χ2n) is 7.06. The summed E-state index contributed by atoms with van der Waals surface area (Å²) in [6, 6.07) is 14.3. The molecule has 5 nitrogen and oxygen atoms in total. The number of benzene rings is 2. The van der Waals surface area contributed by atoms with Gasteiger partial charge in [0.1, 0.15) is 10.6 Å². The molecule has 0 bridgehead atoms. The van der Waals surface area contributed by atoms with Gasteiger partial charge in [-0.2, -0.15) is 0 Å². The minimum absolute atomic E-state index is 0.103. The normalized spacial score (nSPS) is 11.0. The Kier molecular flexibility index (Phi) is 5.72. The molecule has 4 aromatic rings. The van der Waals surface area contributed by atoms with E-state index in [9.17, 15) is 14.0 Å². The zero-order valence-electron chi connectivity index (χ0n) is 16.4. The number of fused-ring (bicyclic) bond motifs is 1. The lowest BCUT2D eigenvalue weighted by molar-refractivity contribution is -0.121. The number of nitrogens with zero attached hydrogens (tertiary/aromatic N) is 2. The Morgan fingerprint density at radius 2 is 1.93 bits per heavy atom. The van der Waals surface area contributed by atoms with Gasteiger partial charge in [0.2, 0.25) is 5.91 Å². The van der Waals surface area contributed by atoms with Crippen molar-refractivity contribution >= 4 is 27.5 Å². The van der Waals surface area contributed by atoms with Gasteiger partial charge >= 0.3 is 0 Å². The van der Waals surface area contributed by atoms with Gasteiger partial charge in [0.15, 0.2) is 0 Å². The van der Waals surface area contributed by atoms with E-state index in [1.165, 1.54) is 28.3 Å². The van der Waals surface area contributed by atoms with Gasteiger partial charge < -0.3 is 5.32 Å². The molecular formula is C23H20FN3O2S. The van der Waals surface area contributed by atoms with Crippen LogP contribution in [0.5, 0.6) is 0 Å². The second kappa shape index (κ2) is 8.59. The number of nitrogens with one attached hydrogen (secondary N) is 1. The van der Waals surface area contributed by atoms with Crippen LogP contribution in [0.15, 0.2) is 65.0 Å². The number of halogens is 1. The summed E-state index contributed by atoms with van der Waals surface area (Å²) in [7, 11) is 0. The number of hydrogen-bond donors (Lipinski definition) is 1. The first-order chi connectivity index (χ1) is 14.5. The first-order valence-corrected chi connectivity index (χ1v) is 10.4. The van der Waals surface area contributed by atoms with Crippen molar-refractivity contribution in [2.24, 2.45) is 0 Å². The summed E-state index contributed by atoms with van der Waals surface area (Å²) in [5, 5.41) is 5.20. The van der Waals surface area contributed by atoms with E-state index in [0.717, 1.165) is 16.7 Å². The van der Waals surface area contributed by atoms with Gasteiger partial charge in [-0.15, -0.1) is 11.3 Å². The number of thiophene rings is 1. The van der Waals surface area contributed by atoms with E-state index in [0.29, 0.717) is 15.8 Å². The van der Waals surface area contributed by atoms with Crippen LogP contribution >= 0.6 is 11.3 Å². The zero-order chi connectivity index (χ0) is 21.1. The van der Waals surface area contributed by atoms with E-state index in [1.54, 1.807) is 18.2 Å². The maximum absolute atomic E-state index is 13.7. The molecule has 0 radical (unpaired) electrons. The number of carbonyl (C=O) groups is 1. The number of rotatable bonds is 6. The van der Waals surface area contributed by atoms with Crippen LogP contribution in [0, 0.1) is 12.7 Å². The average Bonchev–Trinajstić information content (AvgIpc) is 3.18. The summed E-state index contributed by atoms with van der Waals surface area (Å²) >= 11 is 1.43. The van der Waals surface area contributed by atoms with Gasteiger partial charge in [0.05, 0.1) is 11.7 Å². The first kappa shape index (κ1) is 20.0. The Bertz CT molecular complexity index is 1260. The predicted molar refractivity (Wildman–Crippen MR) is 117 cm³/mol. The molecule has 0 aliphatic carbocycles. The molecule has 2 aromatic carbocycles. The molecule has 0 spiro atoms. The summed E-state index contributed by atoms with van der Waals surface area (Å²) in [6.45, 7) is 2.33. The fraction of sp³-hybridized carbons (Fsp3) is 0.174. The molecule has 4 rings (SSSR count). The van der Waals surface area contributed by atoms with E-state index >= 15 is 0 Å². The molecule has 7 heteroatoms.